The number of halogens is 2. The van der Waals surface area contributed by atoms with E-state index in [1.54, 1.807) is 18.2 Å². The summed E-state index contributed by atoms with van der Waals surface area (Å²) in [7, 11) is 0. The zero-order chi connectivity index (χ0) is 14.7. The van der Waals surface area contributed by atoms with E-state index in [0.717, 1.165) is 10.0 Å². The van der Waals surface area contributed by atoms with Crippen LogP contribution in [0.25, 0.3) is 0 Å². The number of nitrogens with zero attached hydrogens (tertiary/aromatic N) is 1. The van der Waals surface area contributed by atoms with Crippen LogP contribution in [0.3, 0.4) is 0 Å². The number of carbonyl (C=O) groups is 1. The highest BCUT2D eigenvalue weighted by molar-refractivity contribution is 9.10. The molecule has 1 unspecified atom stereocenters. The number of carbonyl (C=O) groups excluding carboxylic acids is 1. The molecule has 100 valence electrons. The van der Waals surface area contributed by atoms with E-state index in [2.05, 4.69) is 22.0 Å². The molecule has 0 fully saturated rings. The molecule has 0 spiro atoms. The number of hydrogen-bond donors (Lipinski definition) is 0. The van der Waals surface area contributed by atoms with Crippen molar-refractivity contribution in [2.24, 2.45) is 0 Å². The average molecular weight is 349 g/mol. The van der Waals surface area contributed by atoms with Gasteiger partial charge in [-0.1, -0.05) is 47.5 Å². The second-order valence-corrected chi connectivity index (χ2v) is 5.73. The fourth-order valence-electron chi connectivity index (χ4n) is 1.86. The Kier molecular flexibility index (Phi) is 4.59. The first-order chi connectivity index (χ1) is 9.52. The minimum atomic E-state index is -0.812. The maximum absolute atomic E-state index is 12.4. The van der Waals surface area contributed by atoms with Crippen molar-refractivity contribution in [1.82, 2.24) is 0 Å². The van der Waals surface area contributed by atoms with Gasteiger partial charge in [0, 0.05) is 10.0 Å². The average Bonchev–Trinajstić information content (AvgIpc) is 2.44. The van der Waals surface area contributed by atoms with Gasteiger partial charge in [-0.25, -0.2) is 0 Å². The molecule has 0 bridgehead atoms. The Morgan fingerprint density at radius 2 is 1.90 bits per heavy atom. The highest BCUT2D eigenvalue weighted by Crippen LogP contribution is 2.27. The smallest absolute Gasteiger partial charge is 0.184 e. The van der Waals surface area contributed by atoms with Gasteiger partial charge < -0.3 is 0 Å². The molecule has 2 nitrogen and oxygen atoms in total. The van der Waals surface area contributed by atoms with Gasteiger partial charge in [0.1, 0.15) is 5.92 Å². The van der Waals surface area contributed by atoms with E-state index in [1.165, 1.54) is 0 Å². The predicted octanol–water partition coefficient (Wildman–Crippen LogP) is 4.90. The second kappa shape index (κ2) is 6.21. The zero-order valence-corrected chi connectivity index (χ0v) is 13.1. The molecule has 1 atom stereocenters. The lowest BCUT2D eigenvalue weighted by molar-refractivity contribution is 0.0979. The van der Waals surface area contributed by atoms with E-state index < -0.39 is 5.92 Å². The highest BCUT2D eigenvalue weighted by atomic mass is 79.9. The molecule has 0 saturated carbocycles. The third kappa shape index (κ3) is 3.09. The first-order valence-corrected chi connectivity index (χ1v) is 7.15. The molecule has 2 aromatic carbocycles. The molecular weight excluding hydrogens is 338 g/mol. The van der Waals surface area contributed by atoms with Gasteiger partial charge in [-0.15, -0.1) is 0 Å². The zero-order valence-electron chi connectivity index (χ0n) is 10.7. The lowest BCUT2D eigenvalue weighted by atomic mass is 9.91. The molecule has 0 amide bonds. The summed E-state index contributed by atoms with van der Waals surface area (Å²) in [5.74, 6) is -1.06. The second-order valence-electron chi connectivity index (χ2n) is 4.47. The molecule has 20 heavy (non-hydrogen) atoms. The number of rotatable bonds is 3. The topological polar surface area (TPSA) is 40.9 Å². The van der Waals surface area contributed by atoms with Crippen LogP contribution in [-0.4, -0.2) is 5.78 Å². The van der Waals surface area contributed by atoms with E-state index in [4.69, 9.17) is 11.6 Å². The van der Waals surface area contributed by atoms with Crippen LogP contribution in [0.5, 0.6) is 0 Å². The minimum absolute atomic E-state index is 0.245. The molecular formula is C16H11BrClNO. The summed E-state index contributed by atoms with van der Waals surface area (Å²) in [6.07, 6.45) is 0. The van der Waals surface area contributed by atoms with E-state index in [-0.39, 0.29) is 5.78 Å². The van der Waals surface area contributed by atoms with Crippen LogP contribution in [0.1, 0.15) is 27.4 Å². The Morgan fingerprint density at radius 1 is 1.25 bits per heavy atom. The maximum Gasteiger partial charge on any atom is 0.184 e. The van der Waals surface area contributed by atoms with E-state index in [9.17, 15) is 10.1 Å². The Morgan fingerprint density at radius 3 is 2.45 bits per heavy atom. The predicted molar refractivity (Wildman–Crippen MR) is 83.0 cm³/mol. The van der Waals surface area contributed by atoms with Crippen molar-refractivity contribution in [3.05, 3.63) is 68.7 Å². The number of nitriles is 1. The van der Waals surface area contributed by atoms with Crippen molar-refractivity contribution in [2.45, 2.75) is 12.8 Å². The maximum atomic E-state index is 12.4. The summed E-state index contributed by atoms with van der Waals surface area (Å²) >= 11 is 9.27. The lowest BCUT2D eigenvalue weighted by Gasteiger charge is -2.09. The Hall–Kier alpha value is -1.63. The minimum Gasteiger partial charge on any atom is -0.292 e. The monoisotopic (exact) mass is 347 g/mol. The summed E-state index contributed by atoms with van der Waals surface area (Å²) in [5, 5.41) is 9.75. The standard InChI is InChI=1S/C16H11BrClNO/c1-10-2-4-11(5-3-10)13(9-19)16(20)12-6-7-14(17)15(18)8-12/h2-8,13H,1H3. The first-order valence-electron chi connectivity index (χ1n) is 5.98. The molecule has 0 aromatic heterocycles. The molecule has 0 aliphatic rings. The molecule has 0 N–H and O–H groups in total. The molecule has 2 aromatic rings. The summed E-state index contributed by atoms with van der Waals surface area (Å²) in [6.45, 7) is 1.96. The normalized spacial score (nSPS) is 11.7. The van der Waals surface area contributed by atoms with Crippen molar-refractivity contribution in [3.63, 3.8) is 0 Å². The summed E-state index contributed by atoms with van der Waals surface area (Å²) in [6, 6.07) is 14.4. The Bertz CT molecular complexity index is 689. The van der Waals surface area contributed by atoms with Crippen LogP contribution in [0.15, 0.2) is 46.9 Å². The first kappa shape index (κ1) is 14.8. The summed E-state index contributed by atoms with van der Waals surface area (Å²) in [5.41, 5.74) is 2.22. The van der Waals surface area contributed by atoms with Gasteiger partial charge in [0.15, 0.2) is 5.78 Å². The van der Waals surface area contributed by atoms with Crippen LogP contribution >= 0.6 is 27.5 Å². The number of ketones is 1. The molecule has 4 heteroatoms. The third-order valence-electron chi connectivity index (χ3n) is 3.01. The van der Waals surface area contributed by atoms with Gasteiger partial charge >= 0.3 is 0 Å². The van der Waals surface area contributed by atoms with Gasteiger partial charge in [0.05, 0.1) is 11.1 Å². The Balaban J connectivity index is 2.36. The largest absolute Gasteiger partial charge is 0.292 e. The van der Waals surface area contributed by atoms with Crippen LogP contribution in [0.4, 0.5) is 0 Å². The highest BCUT2D eigenvalue weighted by Gasteiger charge is 2.22. The van der Waals surface area contributed by atoms with Crippen molar-refractivity contribution < 1.29 is 4.79 Å². The van der Waals surface area contributed by atoms with E-state index >= 15 is 0 Å². The fourth-order valence-corrected chi connectivity index (χ4v) is 2.29. The summed E-state index contributed by atoms with van der Waals surface area (Å²) in [4.78, 5) is 12.4. The summed E-state index contributed by atoms with van der Waals surface area (Å²) < 4.78 is 0.722. The van der Waals surface area contributed by atoms with Gasteiger partial charge in [-0.3, -0.25) is 4.79 Å². The van der Waals surface area contributed by atoms with Gasteiger partial charge in [-0.2, -0.15) is 5.26 Å². The SMILES string of the molecule is Cc1ccc(C(C#N)C(=O)c2ccc(Br)c(Cl)c2)cc1. The molecule has 0 radical (unpaired) electrons. The number of Topliss-reactive ketones (excluding diaryl/α,β-unsaturated/α-hetero) is 1. The van der Waals surface area contributed by atoms with Crippen molar-refractivity contribution in [3.8, 4) is 6.07 Å². The fraction of sp³-hybridized carbons (Fsp3) is 0.125. The van der Waals surface area contributed by atoms with Crippen LogP contribution in [0, 0.1) is 18.3 Å². The van der Waals surface area contributed by atoms with Gasteiger partial charge in [-0.05, 0) is 40.5 Å². The van der Waals surface area contributed by atoms with Crippen molar-refractivity contribution in [2.75, 3.05) is 0 Å². The third-order valence-corrected chi connectivity index (χ3v) is 4.24. The van der Waals surface area contributed by atoms with Crippen LogP contribution < -0.4 is 0 Å². The van der Waals surface area contributed by atoms with Gasteiger partial charge in [0.2, 0.25) is 0 Å². The molecule has 2 rings (SSSR count). The van der Waals surface area contributed by atoms with Crippen molar-refractivity contribution in [1.29, 1.82) is 5.26 Å². The van der Waals surface area contributed by atoms with Crippen LogP contribution in [-0.2, 0) is 0 Å². The number of hydrogen-bond acceptors (Lipinski definition) is 2. The molecule has 0 saturated heterocycles. The Labute approximate surface area is 131 Å². The lowest BCUT2D eigenvalue weighted by Crippen LogP contribution is -2.11. The van der Waals surface area contributed by atoms with E-state index in [0.29, 0.717) is 16.1 Å². The van der Waals surface area contributed by atoms with E-state index in [1.807, 2.05) is 31.2 Å². The van der Waals surface area contributed by atoms with Crippen molar-refractivity contribution >= 4 is 33.3 Å². The molecule has 0 heterocycles. The number of benzene rings is 2. The number of aryl methyl sites for hydroxylation is 1. The van der Waals surface area contributed by atoms with Gasteiger partial charge in [0.25, 0.3) is 0 Å². The molecule has 0 aliphatic heterocycles. The van der Waals surface area contributed by atoms with Crippen LogP contribution in [0.2, 0.25) is 5.02 Å². The molecule has 0 aliphatic carbocycles. The quantitative estimate of drug-likeness (QED) is 0.740.